The SMILES string of the molecule is COc1ccc(COc2cc(C)nc(Nc3cccc(F)c3)n2)cc1F. The molecule has 0 amide bonds. The highest BCUT2D eigenvalue weighted by Gasteiger charge is 2.07. The van der Waals surface area contributed by atoms with Crippen LogP contribution in [0.25, 0.3) is 0 Å². The first-order valence-electron chi connectivity index (χ1n) is 7.87. The highest BCUT2D eigenvalue weighted by Crippen LogP contribution is 2.21. The van der Waals surface area contributed by atoms with Gasteiger partial charge in [0.25, 0.3) is 0 Å². The van der Waals surface area contributed by atoms with E-state index >= 15 is 0 Å². The van der Waals surface area contributed by atoms with Gasteiger partial charge in [0.15, 0.2) is 11.6 Å². The summed E-state index contributed by atoms with van der Waals surface area (Å²) in [6.45, 7) is 1.93. The smallest absolute Gasteiger partial charge is 0.230 e. The number of methoxy groups -OCH3 is 1. The summed E-state index contributed by atoms with van der Waals surface area (Å²) in [7, 11) is 1.41. The molecule has 0 saturated heterocycles. The standard InChI is InChI=1S/C19H17F2N3O2/c1-12-8-18(26-11-13-6-7-17(25-2)16(21)9-13)24-19(22-12)23-15-5-3-4-14(20)10-15/h3-10H,11H2,1-2H3,(H,22,23,24). The van der Waals surface area contributed by atoms with Crippen molar-refractivity contribution in [1.29, 1.82) is 0 Å². The van der Waals surface area contributed by atoms with Gasteiger partial charge in [-0.05, 0) is 42.8 Å². The molecule has 0 radical (unpaired) electrons. The summed E-state index contributed by atoms with van der Waals surface area (Å²) < 4.78 is 37.5. The van der Waals surface area contributed by atoms with Crippen molar-refractivity contribution >= 4 is 11.6 Å². The van der Waals surface area contributed by atoms with Gasteiger partial charge in [-0.15, -0.1) is 0 Å². The fourth-order valence-corrected chi connectivity index (χ4v) is 2.32. The van der Waals surface area contributed by atoms with Crippen LogP contribution in [0.15, 0.2) is 48.5 Å². The molecule has 1 heterocycles. The van der Waals surface area contributed by atoms with Crippen molar-refractivity contribution in [3.05, 3.63) is 71.4 Å². The fraction of sp³-hybridized carbons (Fsp3) is 0.158. The van der Waals surface area contributed by atoms with Crippen LogP contribution >= 0.6 is 0 Å². The van der Waals surface area contributed by atoms with Gasteiger partial charge in [-0.25, -0.2) is 13.8 Å². The molecule has 7 heteroatoms. The Morgan fingerprint density at radius 1 is 1.04 bits per heavy atom. The number of hydrogen-bond acceptors (Lipinski definition) is 5. The monoisotopic (exact) mass is 357 g/mol. The molecule has 3 aromatic rings. The maximum atomic E-state index is 13.7. The second-order valence-corrected chi connectivity index (χ2v) is 5.56. The molecule has 0 aliphatic carbocycles. The molecule has 3 rings (SSSR count). The number of halogens is 2. The zero-order valence-corrected chi connectivity index (χ0v) is 14.3. The number of hydrogen-bond donors (Lipinski definition) is 1. The lowest BCUT2D eigenvalue weighted by molar-refractivity contribution is 0.292. The first-order valence-corrected chi connectivity index (χ1v) is 7.87. The summed E-state index contributed by atoms with van der Waals surface area (Å²) in [6.07, 6.45) is 0. The first-order chi connectivity index (χ1) is 12.5. The molecule has 0 atom stereocenters. The minimum atomic E-state index is -0.457. The van der Waals surface area contributed by atoms with Crippen LogP contribution in [0.5, 0.6) is 11.6 Å². The molecule has 0 unspecified atom stereocenters. The normalized spacial score (nSPS) is 10.5. The van der Waals surface area contributed by atoms with Gasteiger partial charge in [0.1, 0.15) is 12.4 Å². The van der Waals surface area contributed by atoms with E-state index in [1.807, 2.05) is 0 Å². The molecule has 2 aromatic carbocycles. The van der Waals surface area contributed by atoms with E-state index in [0.29, 0.717) is 22.8 Å². The van der Waals surface area contributed by atoms with Crippen molar-refractivity contribution < 1.29 is 18.3 Å². The molecule has 134 valence electrons. The Kier molecular flexibility index (Phi) is 5.26. The Balaban J connectivity index is 1.72. The van der Waals surface area contributed by atoms with E-state index in [1.165, 1.54) is 31.4 Å². The highest BCUT2D eigenvalue weighted by atomic mass is 19.1. The number of anilines is 2. The zero-order valence-electron chi connectivity index (χ0n) is 14.3. The Labute approximate surface area is 149 Å². The second kappa shape index (κ2) is 7.77. The average Bonchev–Trinajstić information content (AvgIpc) is 2.59. The number of nitrogens with zero attached hydrogens (tertiary/aromatic N) is 2. The Hall–Kier alpha value is -3.22. The summed E-state index contributed by atoms with van der Waals surface area (Å²) in [5.74, 6) is -0.0334. The zero-order chi connectivity index (χ0) is 18.5. The largest absolute Gasteiger partial charge is 0.494 e. The van der Waals surface area contributed by atoms with Crippen LogP contribution < -0.4 is 14.8 Å². The number of aryl methyl sites for hydroxylation is 1. The number of rotatable bonds is 6. The van der Waals surface area contributed by atoms with Crippen LogP contribution in [0.1, 0.15) is 11.3 Å². The molecule has 0 spiro atoms. The van der Waals surface area contributed by atoms with E-state index in [-0.39, 0.29) is 24.1 Å². The molecule has 1 N–H and O–H groups in total. The van der Waals surface area contributed by atoms with Crippen molar-refractivity contribution in [3.8, 4) is 11.6 Å². The maximum absolute atomic E-state index is 13.7. The van der Waals surface area contributed by atoms with E-state index in [0.717, 1.165) is 0 Å². The third kappa shape index (κ3) is 4.44. The molecule has 0 saturated carbocycles. The third-order valence-corrected chi connectivity index (χ3v) is 3.51. The maximum Gasteiger partial charge on any atom is 0.230 e. The predicted molar refractivity (Wildman–Crippen MR) is 93.7 cm³/mol. The lowest BCUT2D eigenvalue weighted by atomic mass is 10.2. The molecule has 0 aliphatic rings. The van der Waals surface area contributed by atoms with Crippen LogP contribution in [0.4, 0.5) is 20.4 Å². The topological polar surface area (TPSA) is 56.3 Å². The summed E-state index contributed by atoms with van der Waals surface area (Å²) in [5.41, 5.74) is 1.84. The highest BCUT2D eigenvalue weighted by molar-refractivity contribution is 5.53. The van der Waals surface area contributed by atoms with E-state index in [2.05, 4.69) is 15.3 Å². The molecular weight excluding hydrogens is 340 g/mol. The quantitative estimate of drug-likeness (QED) is 0.709. The second-order valence-electron chi connectivity index (χ2n) is 5.56. The number of benzene rings is 2. The Morgan fingerprint density at radius 2 is 1.88 bits per heavy atom. The summed E-state index contributed by atoms with van der Waals surface area (Å²) in [5, 5.41) is 2.93. The van der Waals surface area contributed by atoms with Crippen molar-refractivity contribution in [2.75, 3.05) is 12.4 Å². The Bertz CT molecular complexity index is 919. The van der Waals surface area contributed by atoms with Crippen molar-refractivity contribution in [1.82, 2.24) is 9.97 Å². The van der Waals surface area contributed by atoms with E-state index in [1.54, 1.807) is 31.2 Å². The van der Waals surface area contributed by atoms with E-state index < -0.39 is 5.82 Å². The molecule has 26 heavy (non-hydrogen) atoms. The molecule has 0 fully saturated rings. The van der Waals surface area contributed by atoms with Gasteiger partial charge >= 0.3 is 0 Å². The van der Waals surface area contributed by atoms with Gasteiger partial charge in [-0.1, -0.05) is 12.1 Å². The van der Waals surface area contributed by atoms with Crippen molar-refractivity contribution in [3.63, 3.8) is 0 Å². The predicted octanol–water partition coefficient (Wildman–Crippen LogP) is 4.39. The minimum Gasteiger partial charge on any atom is -0.494 e. The van der Waals surface area contributed by atoms with E-state index in [4.69, 9.17) is 9.47 Å². The third-order valence-electron chi connectivity index (χ3n) is 3.51. The van der Waals surface area contributed by atoms with E-state index in [9.17, 15) is 8.78 Å². The number of ether oxygens (including phenoxy) is 2. The molecule has 1 aromatic heterocycles. The van der Waals surface area contributed by atoms with Gasteiger partial charge in [0, 0.05) is 17.4 Å². The van der Waals surface area contributed by atoms with Gasteiger partial charge in [0.05, 0.1) is 7.11 Å². The van der Waals surface area contributed by atoms with Gasteiger partial charge in [-0.2, -0.15) is 4.98 Å². The average molecular weight is 357 g/mol. The van der Waals surface area contributed by atoms with Gasteiger partial charge < -0.3 is 14.8 Å². The van der Waals surface area contributed by atoms with Gasteiger partial charge in [-0.3, -0.25) is 0 Å². The minimum absolute atomic E-state index is 0.136. The first kappa shape index (κ1) is 17.6. The fourth-order valence-electron chi connectivity index (χ4n) is 2.32. The van der Waals surface area contributed by atoms with Gasteiger partial charge in [0.2, 0.25) is 11.8 Å². The molecule has 0 bridgehead atoms. The van der Waals surface area contributed by atoms with Crippen LogP contribution in [-0.2, 0) is 6.61 Å². The van der Waals surface area contributed by atoms with Crippen LogP contribution in [0.3, 0.4) is 0 Å². The summed E-state index contributed by atoms with van der Waals surface area (Å²) in [6, 6.07) is 12.2. The molecule has 5 nitrogen and oxygen atoms in total. The summed E-state index contributed by atoms with van der Waals surface area (Å²) >= 11 is 0. The van der Waals surface area contributed by atoms with Crippen molar-refractivity contribution in [2.45, 2.75) is 13.5 Å². The van der Waals surface area contributed by atoms with Crippen LogP contribution in [0, 0.1) is 18.6 Å². The lowest BCUT2D eigenvalue weighted by Gasteiger charge is -2.10. The Morgan fingerprint density at radius 3 is 2.62 bits per heavy atom. The number of nitrogens with one attached hydrogen (secondary N) is 1. The van der Waals surface area contributed by atoms with Crippen LogP contribution in [0.2, 0.25) is 0 Å². The molecular formula is C19H17F2N3O2. The molecule has 0 aliphatic heterocycles. The van der Waals surface area contributed by atoms with Crippen molar-refractivity contribution in [2.24, 2.45) is 0 Å². The summed E-state index contributed by atoms with van der Waals surface area (Å²) in [4.78, 5) is 8.49. The number of aromatic nitrogens is 2. The van der Waals surface area contributed by atoms with Crippen LogP contribution in [-0.4, -0.2) is 17.1 Å². The lowest BCUT2D eigenvalue weighted by Crippen LogP contribution is -2.03.